The van der Waals surface area contributed by atoms with Gasteiger partial charge in [-0.05, 0) is 30.7 Å². The molecule has 0 aliphatic carbocycles. The number of hydrogen-bond acceptors (Lipinski definition) is 2. The summed E-state index contributed by atoms with van der Waals surface area (Å²) in [5.74, 6) is 1.12. The van der Waals surface area contributed by atoms with Crippen LogP contribution in [0, 0.1) is 5.92 Å². The minimum atomic E-state index is 0.00738. The molecule has 0 radical (unpaired) electrons. The van der Waals surface area contributed by atoms with Gasteiger partial charge in [0.2, 0.25) is 0 Å². The van der Waals surface area contributed by atoms with Crippen molar-refractivity contribution in [2.24, 2.45) is 5.92 Å². The number of nitrogens with one attached hydrogen (secondary N) is 1. The van der Waals surface area contributed by atoms with Gasteiger partial charge in [0, 0.05) is 17.3 Å². The fraction of sp³-hybridized carbons (Fsp3) is 0.500. The van der Waals surface area contributed by atoms with Gasteiger partial charge in [-0.2, -0.15) is 0 Å². The Morgan fingerprint density at radius 2 is 2.17 bits per heavy atom. The third-order valence-corrected chi connectivity index (χ3v) is 4.01. The minimum absolute atomic E-state index is 0.00738. The van der Waals surface area contributed by atoms with Crippen LogP contribution in [-0.4, -0.2) is 24.6 Å². The molecule has 0 aromatic heterocycles. The zero-order valence-electron chi connectivity index (χ0n) is 10.9. The molecule has 100 valence electrons. The van der Waals surface area contributed by atoms with Gasteiger partial charge in [0.25, 0.3) is 5.91 Å². The highest BCUT2D eigenvalue weighted by Crippen LogP contribution is 2.19. The van der Waals surface area contributed by atoms with Crippen molar-refractivity contribution in [3.8, 4) is 0 Å². The lowest BCUT2D eigenvalue weighted by molar-refractivity contribution is 0.0943. The van der Waals surface area contributed by atoms with Crippen molar-refractivity contribution in [1.82, 2.24) is 5.32 Å². The topological polar surface area (TPSA) is 29.1 Å². The maximum atomic E-state index is 12.1. The Labute approximate surface area is 118 Å². The van der Waals surface area contributed by atoms with Gasteiger partial charge >= 0.3 is 0 Å². The van der Waals surface area contributed by atoms with Crippen LogP contribution in [0.4, 0.5) is 0 Å². The van der Waals surface area contributed by atoms with Crippen LogP contribution >= 0.6 is 23.4 Å². The second kappa shape index (κ2) is 8.44. The number of carbonyl (C=O) groups excluding carboxylic acids is 1. The van der Waals surface area contributed by atoms with E-state index in [1.54, 1.807) is 11.8 Å². The van der Waals surface area contributed by atoms with E-state index in [1.807, 2.05) is 30.5 Å². The fourth-order valence-electron chi connectivity index (χ4n) is 1.77. The van der Waals surface area contributed by atoms with Gasteiger partial charge in [0.15, 0.2) is 0 Å². The van der Waals surface area contributed by atoms with Crippen LogP contribution in [0.5, 0.6) is 0 Å². The van der Waals surface area contributed by atoms with Gasteiger partial charge in [-0.3, -0.25) is 4.79 Å². The van der Waals surface area contributed by atoms with Crippen molar-refractivity contribution in [3.63, 3.8) is 0 Å². The Morgan fingerprint density at radius 1 is 1.44 bits per heavy atom. The normalized spacial score (nSPS) is 12.2. The summed E-state index contributed by atoms with van der Waals surface area (Å²) in [6, 6.07) is 7.68. The van der Waals surface area contributed by atoms with Gasteiger partial charge in [0.05, 0.1) is 5.56 Å². The number of benzene rings is 1. The summed E-state index contributed by atoms with van der Waals surface area (Å²) in [4.78, 5) is 13.1. The van der Waals surface area contributed by atoms with E-state index >= 15 is 0 Å². The van der Waals surface area contributed by atoms with E-state index in [-0.39, 0.29) is 5.91 Å². The first-order valence-electron chi connectivity index (χ1n) is 6.20. The molecule has 2 nitrogen and oxygen atoms in total. The average Bonchev–Trinajstić information content (AvgIpc) is 2.42. The maximum absolute atomic E-state index is 12.1. The van der Waals surface area contributed by atoms with Gasteiger partial charge in [-0.25, -0.2) is 0 Å². The standard InChI is InChI=1S/C14H20ClNOS/c1-3-11(8-9-15)10-16-14(17)12-6-4-5-7-13(12)18-2/h4-7,11H,3,8-10H2,1-2H3,(H,16,17). The summed E-state index contributed by atoms with van der Waals surface area (Å²) in [6.07, 6.45) is 3.97. The quantitative estimate of drug-likeness (QED) is 0.610. The maximum Gasteiger partial charge on any atom is 0.252 e. The molecule has 1 aromatic carbocycles. The van der Waals surface area contributed by atoms with Crippen LogP contribution in [0.2, 0.25) is 0 Å². The lowest BCUT2D eigenvalue weighted by atomic mass is 10.0. The van der Waals surface area contributed by atoms with Crippen LogP contribution in [0.1, 0.15) is 30.1 Å². The molecule has 0 saturated carbocycles. The van der Waals surface area contributed by atoms with Crippen LogP contribution in [0.3, 0.4) is 0 Å². The van der Waals surface area contributed by atoms with Crippen LogP contribution < -0.4 is 5.32 Å². The van der Waals surface area contributed by atoms with Crippen molar-refractivity contribution in [2.45, 2.75) is 24.7 Å². The van der Waals surface area contributed by atoms with Crippen molar-refractivity contribution in [2.75, 3.05) is 18.7 Å². The number of carbonyl (C=O) groups is 1. The third kappa shape index (κ3) is 4.54. The van der Waals surface area contributed by atoms with Crippen molar-refractivity contribution >= 4 is 29.3 Å². The Kier molecular flexibility index (Phi) is 7.21. The average molecular weight is 286 g/mol. The molecule has 1 amide bonds. The molecule has 0 saturated heterocycles. The summed E-state index contributed by atoms with van der Waals surface area (Å²) in [6.45, 7) is 2.82. The third-order valence-electron chi connectivity index (χ3n) is 3.00. The summed E-state index contributed by atoms with van der Waals surface area (Å²) >= 11 is 7.33. The molecule has 1 rings (SSSR count). The fourth-order valence-corrected chi connectivity index (χ4v) is 2.67. The lowest BCUT2D eigenvalue weighted by Crippen LogP contribution is -2.29. The van der Waals surface area contributed by atoms with E-state index in [9.17, 15) is 4.79 Å². The zero-order valence-corrected chi connectivity index (χ0v) is 12.5. The highest BCUT2D eigenvalue weighted by Gasteiger charge is 2.12. The summed E-state index contributed by atoms with van der Waals surface area (Å²) in [5.41, 5.74) is 0.755. The van der Waals surface area contributed by atoms with Gasteiger partial charge in [-0.1, -0.05) is 25.5 Å². The molecule has 0 fully saturated rings. The highest BCUT2D eigenvalue weighted by atomic mass is 35.5. The Bertz CT molecular complexity index is 384. The van der Waals surface area contributed by atoms with Crippen molar-refractivity contribution < 1.29 is 4.79 Å². The second-order valence-corrected chi connectivity index (χ2v) is 5.39. The second-order valence-electron chi connectivity index (χ2n) is 4.16. The van der Waals surface area contributed by atoms with Gasteiger partial charge in [0.1, 0.15) is 0 Å². The van der Waals surface area contributed by atoms with Crippen LogP contribution in [0.25, 0.3) is 0 Å². The van der Waals surface area contributed by atoms with Crippen LogP contribution in [0.15, 0.2) is 29.2 Å². The molecule has 0 heterocycles. The minimum Gasteiger partial charge on any atom is -0.352 e. The largest absolute Gasteiger partial charge is 0.352 e. The molecular weight excluding hydrogens is 266 g/mol. The molecule has 1 unspecified atom stereocenters. The molecule has 18 heavy (non-hydrogen) atoms. The zero-order chi connectivity index (χ0) is 13.4. The van der Waals surface area contributed by atoms with E-state index in [0.29, 0.717) is 18.3 Å². The summed E-state index contributed by atoms with van der Waals surface area (Å²) in [5, 5.41) is 3.00. The number of alkyl halides is 1. The summed E-state index contributed by atoms with van der Waals surface area (Å²) in [7, 11) is 0. The van der Waals surface area contributed by atoms with Crippen molar-refractivity contribution in [3.05, 3.63) is 29.8 Å². The molecule has 1 atom stereocenters. The Balaban J connectivity index is 2.59. The van der Waals surface area contributed by atoms with E-state index in [2.05, 4.69) is 12.2 Å². The molecule has 0 bridgehead atoms. The predicted molar refractivity (Wildman–Crippen MR) is 79.7 cm³/mol. The molecule has 0 spiro atoms. The lowest BCUT2D eigenvalue weighted by Gasteiger charge is -2.15. The molecule has 1 aromatic rings. The van der Waals surface area contributed by atoms with E-state index in [1.165, 1.54) is 0 Å². The number of thioether (sulfide) groups is 1. The predicted octanol–water partition coefficient (Wildman–Crippen LogP) is 3.79. The van der Waals surface area contributed by atoms with E-state index < -0.39 is 0 Å². The van der Waals surface area contributed by atoms with Crippen molar-refractivity contribution in [1.29, 1.82) is 0 Å². The SMILES string of the molecule is CCC(CCCl)CNC(=O)c1ccccc1SC. The molecule has 0 aliphatic rings. The molecular formula is C14H20ClNOS. The molecule has 0 aliphatic heterocycles. The van der Waals surface area contributed by atoms with E-state index in [4.69, 9.17) is 11.6 Å². The first-order valence-corrected chi connectivity index (χ1v) is 7.96. The van der Waals surface area contributed by atoms with Gasteiger partial charge in [-0.15, -0.1) is 23.4 Å². The number of amides is 1. The first kappa shape index (κ1) is 15.4. The monoisotopic (exact) mass is 285 g/mol. The summed E-state index contributed by atoms with van der Waals surface area (Å²) < 4.78 is 0. The Morgan fingerprint density at radius 3 is 2.78 bits per heavy atom. The molecule has 1 N–H and O–H groups in total. The smallest absolute Gasteiger partial charge is 0.252 e. The number of hydrogen-bond donors (Lipinski definition) is 1. The first-order chi connectivity index (χ1) is 8.72. The van der Waals surface area contributed by atoms with Gasteiger partial charge < -0.3 is 5.32 Å². The highest BCUT2D eigenvalue weighted by molar-refractivity contribution is 7.98. The van der Waals surface area contributed by atoms with E-state index in [0.717, 1.165) is 23.3 Å². The molecule has 4 heteroatoms. The Hall–Kier alpha value is -0.670. The van der Waals surface area contributed by atoms with Crippen LogP contribution in [-0.2, 0) is 0 Å². The number of halogens is 1. The number of rotatable bonds is 7.